The maximum absolute atomic E-state index is 10.3. The summed E-state index contributed by atoms with van der Waals surface area (Å²) in [7, 11) is 0. The number of nitrogens with zero attached hydrogens (tertiary/aromatic N) is 1. The van der Waals surface area contributed by atoms with Gasteiger partial charge in [0.1, 0.15) is 6.61 Å². The number of rotatable bonds is 1. The molecule has 0 aromatic carbocycles. The zero-order chi connectivity index (χ0) is 8.43. The van der Waals surface area contributed by atoms with Crippen molar-refractivity contribution in [3.8, 4) is 0 Å². The van der Waals surface area contributed by atoms with Crippen LogP contribution in [0.5, 0.6) is 0 Å². The minimum Gasteiger partial charge on any atom is -0.368 e. The van der Waals surface area contributed by atoms with Crippen molar-refractivity contribution in [2.24, 2.45) is 0 Å². The summed E-state index contributed by atoms with van der Waals surface area (Å²) in [5.41, 5.74) is 0. The van der Waals surface area contributed by atoms with Crippen LogP contribution in [0.4, 0.5) is 0 Å². The largest absolute Gasteiger partial charge is 0.368 e. The first kappa shape index (κ1) is 9.14. The van der Waals surface area contributed by atoms with Gasteiger partial charge in [0, 0.05) is 11.3 Å². The number of hydrogen-bond donors (Lipinski definition) is 1. The van der Waals surface area contributed by atoms with Gasteiger partial charge in [0.2, 0.25) is 6.04 Å². The lowest BCUT2D eigenvalue weighted by atomic mass is 10.1. The molecule has 1 fully saturated rings. The van der Waals surface area contributed by atoms with Gasteiger partial charge in [0.05, 0.1) is 3.92 Å². The third-order valence-electron chi connectivity index (χ3n) is 1.57. The monoisotopic (exact) mass is 273 g/mol. The zero-order valence-corrected chi connectivity index (χ0v) is 7.80. The lowest BCUT2D eigenvalue weighted by molar-refractivity contribution is -0.531. The van der Waals surface area contributed by atoms with Crippen LogP contribution in [0.1, 0.15) is 6.42 Å². The Kier molecular flexibility index (Phi) is 3.02. The summed E-state index contributed by atoms with van der Waals surface area (Å²) in [4.78, 5) is 9.95. The van der Waals surface area contributed by atoms with Gasteiger partial charge in [0.15, 0.2) is 6.29 Å². The number of aliphatic hydroxyl groups is 1. The molecule has 64 valence electrons. The van der Waals surface area contributed by atoms with Gasteiger partial charge >= 0.3 is 0 Å². The standard InChI is InChI=1S/C5H8INO4/c6-3-1-5(8)11-2-4(3)7(9)10/h3-5,8H,1-2H2. The average molecular weight is 273 g/mol. The number of ether oxygens (including phenoxy) is 1. The van der Waals surface area contributed by atoms with Crippen molar-refractivity contribution in [1.29, 1.82) is 0 Å². The fourth-order valence-corrected chi connectivity index (χ4v) is 1.83. The Labute approximate surface area is 77.0 Å². The molecule has 1 N–H and O–H groups in total. The molecule has 0 amide bonds. The molecule has 0 aromatic heterocycles. The second kappa shape index (κ2) is 3.63. The van der Waals surface area contributed by atoms with Crippen LogP contribution < -0.4 is 0 Å². The molecule has 1 heterocycles. The Bertz CT molecular complexity index is 165. The third kappa shape index (κ3) is 2.24. The molecular weight excluding hydrogens is 265 g/mol. The van der Waals surface area contributed by atoms with E-state index in [0.717, 1.165) is 0 Å². The summed E-state index contributed by atoms with van der Waals surface area (Å²) in [6.45, 7) is 0.0156. The molecular formula is C5H8INO4. The highest BCUT2D eigenvalue weighted by molar-refractivity contribution is 14.1. The summed E-state index contributed by atoms with van der Waals surface area (Å²) in [6, 6.07) is -0.668. The molecule has 0 saturated carbocycles. The smallest absolute Gasteiger partial charge is 0.247 e. The van der Waals surface area contributed by atoms with Gasteiger partial charge in [0.25, 0.3) is 0 Å². The Morgan fingerprint density at radius 1 is 1.73 bits per heavy atom. The van der Waals surface area contributed by atoms with Crippen LogP contribution in [-0.2, 0) is 4.74 Å². The van der Waals surface area contributed by atoms with E-state index in [9.17, 15) is 10.1 Å². The lowest BCUT2D eigenvalue weighted by Gasteiger charge is -2.24. The van der Waals surface area contributed by atoms with Crippen molar-refractivity contribution in [3.05, 3.63) is 10.1 Å². The van der Waals surface area contributed by atoms with E-state index in [1.807, 2.05) is 22.6 Å². The molecule has 0 radical (unpaired) electrons. The summed E-state index contributed by atoms with van der Waals surface area (Å²) in [6.07, 6.45) is -0.486. The van der Waals surface area contributed by atoms with Gasteiger partial charge in [-0.15, -0.1) is 0 Å². The topological polar surface area (TPSA) is 72.6 Å². The fourth-order valence-electron chi connectivity index (χ4n) is 0.925. The van der Waals surface area contributed by atoms with E-state index in [1.165, 1.54) is 0 Å². The molecule has 1 saturated heterocycles. The van der Waals surface area contributed by atoms with Crippen molar-refractivity contribution in [2.75, 3.05) is 6.61 Å². The van der Waals surface area contributed by atoms with Gasteiger partial charge in [-0.25, -0.2) is 0 Å². The Morgan fingerprint density at radius 2 is 2.36 bits per heavy atom. The average Bonchev–Trinajstić information content (AvgIpc) is 1.85. The van der Waals surface area contributed by atoms with Crippen molar-refractivity contribution >= 4 is 22.6 Å². The maximum Gasteiger partial charge on any atom is 0.247 e. The summed E-state index contributed by atoms with van der Waals surface area (Å²) in [5, 5.41) is 19.2. The van der Waals surface area contributed by atoms with E-state index in [2.05, 4.69) is 0 Å². The van der Waals surface area contributed by atoms with Gasteiger partial charge in [-0.1, -0.05) is 22.6 Å². The molecule has 3 unspecified atom stereocenters. The Morgan fingerprint density at radius 3 is 2.82 bits per heavy atom. The first-order chi connectivity index (χ1) is 5.11. The van der Waals surface area contributed by atoms with Crippen molar-refractivity contribution < 1.29 is 14.8 Å². The molecule has 0 aliphatic carbocycles. The SMILES string of the molecule is O=[N+]([O-])C1COC(O)CC1I. The highest BCUT2D eigenvalue weighted by atomic mass is 127. The van der Waals surface area contributed by atoms with Crippen LogP contribution in [0.25, 0.3) is 0 Å². The summed E-state index contributed by atoms with van der Waals surface area (Å²) in [5.74, 6) is 0. The third-order valence-corrected chi connectivity index (χ3v) is 2.91. The molecule has 0 spiro atoms. The quantitative estimate of drug-likeness (QED) is 0.320. The van der Waals surface area contributed by atoms with Crippen LogP contribution in [0, 0.1) is 10.1 Å². The molecule has 1 rings (SSSR count). The molecule has 1 aliphatic heterocycles. The van der Waals surface area contributed by atoms with E-state index in [-0.39, 0.29) is 15.5 Å². The second-order valence-electron chi connectivity index (χ2n) is 2.39. The second-order valence-corrected chi connectivity index (χ2v) is 3.99. The van der Waals surface area contributed by atoms with Crippen LogP contribution in [0.15, 0.2) is 0 Å². The molecule has 0 bridgehead atoms. The van der Waals surface area contributed by atoms with Crippen molar-refractivity contribution in [1.82, 2.24) is 0 Å². The molecule has 0 aromatic rings. The number of nitro groups is 1. The van der Waals surface area contributed by atoms with Crippen LogP contribution >= 0.6 is 22.6 Å². The van der Waals surface area contributed by atoms with Crippen LogP contribution in [-0.4, -0.2) is 32.9 Å². The summed E-state index contributed by atoms with van der Waals surface area (Å²) < 4.78 is 4.60. The maximum atomic E-state index is 10.3. The number of aliphatic hydroxyl groups excluding tert-OH is 1. The highest BCUT2D eigenvalue weighted by Gasteiger charge is 2.36. The number of alkyl halides is 1. The minimum absolute atomic E-state index is 0.0156. The van der Waals surface area contributed by atoms with Gasteiger partial charge in [-0.2, -0.15) is 0 Å². The molecule has 3 atom stereocenters. The Hall–Kier alpha value is 0.0500. The van der Waals surface area contributed by atoms with Crippen molar-refractivity contribution in [2.45, 2.75) is 22.7 Å². The highest BCUT2D eigenvalue weighted by Crippen LogP contribution is 2.21. The van der Waals surface area contributed by atoms with E-state index < -0.39 is 12.3 Å². The molecule has 1 aliphatic rings. The zero-order valence-electron chi connectivity index (χ0n) is 5.64. The molecule has 11 heavy (non-hydrogen) atoms. The van der Waals surface area contributed by atoms with Crippen LogP contribution in [0.2, 0.25) is 0 Å². The van der Waals surface area contributed by atoms with E-state index in [0.29, 0.717) is 6.42 Å². The molecule has 6 heteroatoms. The van der Waals surface area contributed by atoms with Crippen molar-refractivity contribution in [3.63, 3.8) is 0 Å². The predicted molar refractivity (Wildman–Crippen MR) is 45.2 cm³/mol. The van der Waals surface area contributed by atoms with E-state index >= 15 is 0 Å². The molecule has 5 nitrogen and oxygen atoms in total. The fraction of sp³-hybridized carbons (Fsp3) is 1.00. The van der Waals surface area contributed by atoms with E-state index in [1.54, 1.807) is 0 Å². The van der Waals surface area contributed by atoms with Crippen LogP contribution in [0.3, 0.4) is 0 Å². The lowest BCUT2D eigenvalue weighted by Crippen LogP contribution is -2.42. The van der Waals surface area contributed by atoms with Gasteiger partial charge in [-0.05, 0) is 0 Å². The Balaban J connectivity index is 2.50. The summed E-state index contributed by atoms with van der Waals surface area (Å²) >= 11 is 1.97. The van der Waals surface area contributed by atoms with Gasteiger partial charge < -0.3 is 9.84 Å². The first-order valence-electron chi connectivity index (χ1n) is 3.18. The first-order valence-corrected chi connectivity index (χ1v) is 4.43. The normalized spacial score (nSPS) is 38.5. The van der Waals surface area contributed by atoms with E-state index in [4.69, 9.17) is 9.84 Å². The number of hydrogen-bond acceptors (Lipinski definition) is 4. The predicted octanol–water partition coefficient (Wildman–Crippen LogP) is 0.174. The minimum atomic E-state index is -0.826. The van der Waals surface area contributed by atoms with Gasteiger partial charge in [-0.3, -0.25) is 10.1 Å². The number of halogens is 1.